The lowest BCUT2D eigenvalue weighted by Crippen LogP contribution is -2.22. The second kappa shape index (κ2) is 5.84. The molecule has 0 fully saturated rings. The van der Waals surface area contributed by atoms with Crippen molar-refractivity contribution in [1.82, 2.24) is 9.97 Å². The van der Waals surface area contributed by atoms with Crippen LogP contribution in [-0.2, 0) is 12.8 Å². The van der Waals surface area contributed by atoms with Crippen LogP contribution in [0.4, 0.5) is 5.82 Å². The summed E-state index contributed by atoms with van der Waals surface area (Å²) in [5, 5.41) is 3.47. The van der Waals surface area contributed by atoms with Crippen LogP contribution < -0.4 is 5.32 Å². The highest BCUT2D eigenvalue weighted by Gasteiger charge is 2.30. The minimum Gasteiger partial charge on any atom is -0.370 e. The Bertz CT molecular complexity index is 649. The molecule has 1 atom stereocenters. The minimum atomic E-state index is 0.369. The van der Waals surface area contributed by atoms with Crippen molar-refractivity contribution in [2.24, 2.45) is 0 Å². The van der Waals surface area contributed by atoms with Crippen molar-refractivity contribution in [2.45, 2.75) is 46.0 Å². The molecule has 0 radical (unpaired) electrons. The van der Waals surface area contributed by atoms with Crippen molar-refractivity contribution in [3.8, 4) is 0 Å². The molecule has 0 saturated carbocycles. The first kappa shape index (κ1) is 14.1. The molecule has 1 N–H and O–H groups in total. The fourth-order valence-electron chi connectivity index (χ4n) is 3.08. The molecule has 0 aliphatic heterocycles. The van der Waals surface area contributed by atoms with Gasteiger partial charge in [-0.1, -0.05) is 38.1 Å². The molecule has 3 nitrogen and oxygen atoms in total. The molecule has 110 valence electrons. The van der Waals surface area contributed by atoms with E-state index in [-0.39, 0.29) is 0 Å². The van der Waals surface area contributed by atoms with Gasteiger partial charge in [-0.15, -0.1) is 0 Å². The molecule has 0 saturated heterocycles. The average Bonchev–Trinajstić information content (AvgIpc) is 2.46. The van der Waals surface area contributed by atoms with E-state index >= 15 is 0 Å². The number of rotatable bonds is 5. The van der Waals surface area contributed by atoms with E-state index in [0.717, 1.165) is 43.1 Å². The van der Waals surface area contributed by atoms with E-state index < -0.39 is 0 Å². The van der Waals surface area contributed by atoms with Gasteiger partial charge in [-0.3, -0.25) is 0 Å². The molecule has 0 bridgehead atoms. The van der Waals surface area contributed by atoms with Gasteiger partial charge in [0, 0.05) is 23.7 Å². The van der Waals surface area contributed by atoms with Crippen LogP contribution in [0, 0.1) is 6.92 Å². The van der Waals surface area contributed by atoms with Crippen LogP contribution in [0.25, 0.3) is 0 Å². The summed E-state index contributed by atoms with van der Waals surface area (Å²) in [5.41, 5.74) is 5.19. The topological polar surface area (TPSA) is 37.8 Å². The van der Waals surface area contributed by atoms with Gasteiger partial charge < -0.3 is 5.32 Å². The van der Waals surface area contributed by atoms with Gasteiger partial charge in [0.25, 0.3) is 0 Å². The predicted molar refractivity (Wildman–Crippen MR) is 86.9 cm³/mol. The zero-order valence-corrected chi connectivity index (χ0v) is 13.1. The Morgan fingerprint density at radius 2 is 2.00 bits per heavy atom. The largest absolute Gasteiger partial charge is 0.370 e. The van der Waals surface area contributed by atoms with Crippen molar-refractivity contribution in [3.05, 3.63) is 52.5 Å². The molecule has 21 heavy (non-hydrogen) atoms. The fraction of sp³-hybridized carbons (Fsp3) is 0.444. The Morgan fingerprint density at radius 1 is 1.19 bits per heavy atom. The maximum absolute atomic E-state index is 4.84. The first-order valence-corrected chi connectivity index (χ1v) is 7.93. The van der Waals surface area contributed by atoms with E-state index in [9.17, 15) is 0 Å². The lowest BCUT2D eigenvalue weighted by molar-refractivity contribution is 0.654. The predicted octanol–water partition coefficient (Wildman–Crippen LogP) is 3.86. The Labute approximate surface area is 126 Å². The van der Waals surface area contributed by atoms with E-state index in [2.05, 4.69) is 50.4 Å². The Hall–Kier alpha value is -1.90. The van der Waals surface area contributed by atoms with Crippen molar-refractivity contribution < 1.29 is 0 Å². The second-order valence-corrected chi connectivity index (χ2v) is 5.73. The zero-order chi connectivity index (χ0) is 14.8. The van der Waals surface area contributed by atoms with Crippen LogP contribution in [0.15, 0.2) is 24.3 Å². The second-order valence-electron chi connectivity index (χ2n) is 5.73. The molecule has 1 heterocycles. The summed E-state index contributed by atoms with van der Waals surface area (Å²) in [6, 6.07) is 8.62. The van der Waals surface area contributed by atoms with Gasteiger partial charge in [0.15, 0.2) is 0 Å². The number of fused-ring (bicyclic) bond motifs is 1. The third-order valence-corrected chi connectivity index (χ3v) is 4.29. The number of hydrogen-bond donors (Lipinski definition) is 1. The molecule has 3 heteroatoms. The molecule has 1 unspecified atom stereocenters. The van der Waals surface area contributed by atoms with E-state index in [1.54, 1.807) is 0 Å². The maximum atomic E-state index is 4.84. The molecule has 0 spiro atoms. The summed E-state index contributed by atoms with van der Waals surface area (Å²) < 4.78 is 0. The molecular weight excluding hydrogens is 258 g/mol. The van der Waals surface area contributed by atoms with Crippen molar-refractivity contribution in [1.29, 1.82) is 0 Å². The van der Waals surface area contributed by atoms with Crippen LogP contribution in [0.3, 0.4) is 0 Å². The number of benzene rings is 1. The monoisotopic (exact) mass is 281 g/mol. The number of aromatic nitrogens is 2. The van der Waals surface area contributed by atoms with Crippen molar-refractivity contribution in [2.75, 3.05) is 11.9 Å². The number of hydrogen-bond acceptors (Lipinski definition) is 3. The smallest absolute Gasteiger partial charge is 0.138 e. The minimum absolute atomic E-state index is 0.369. The standard InChI is InChI=1S/C18H23N3/c1-4-10-19-17-14(5-2)12(3)20-18(21-17)16-11-13-8-6-7-9-15(13)16/h6-9,16H,4-5,10-11H2,1-3H3,(H,19,20,21). The summed E-state index contributed by atoms with van der Waals surface area (Å²) in [5.74, 6) is 2.38. The molecule has 2 aromatic rings. The third kappa shape index (κ3) is 2.53. The van der Waals surface area contributed by atoms with Gasteiger partial charge in [0.1, 0.15) is 11.6 Å². The number of anilines is 1. The molecular formula is C18H23N3. The van der Waals surface area contributed by atoms with E-state index in [0.29, 0.717) is 5.92 Å². The van der Waals surface area contributed by atoms with Crippen LogP contribution in [0.1, 0.15) is 54.4 Å². The first-order valence-electron chi connectivity index (χ1n) is 7.93. The normalized spacial score (nSPS) is 16.2. The highest BCUT2D eigenvalue weighted by molar-refractivity contribution is 5.50. The van der Waals surface area contributed by atoms with Crippen molar-refractivity contribution >= 4 is 5.82 Å². The first-order chi connectivity index (χ1) is 10.2. The van der Waals surface area contributed by atoms with E-state index in [4.69, 9.17) is 9.97 Å². The molecule has 1 aromatic carbocycles. The van der Waals surface area contributed by atoms with Gasteiger partial charge in [-0.05, 0) is 37.3 Å². The van der Waals surface area contributed by atoms with Gasteiger partial charge in [-0.2, -0.15) is 0 Å². The Morgan fingerprint density at radius 3 is 2.71 bits per heavy atom. The molecule has 1 aliphatic carbocycles. The van der Waals surface area contributed by atoms with E-state index in [1.807, 2.05) is 0 Å². The quantitative estimate of drug-likeness (QED) is 0.904. The lowest BCUT2D eigenvalue weighted by Gasteiger charge is -2.29. The summed E-state index contributed by atoms with van der Waals surface area (Å²) >= 11 is 0. The summed E-state index contributed by atoms with van der Waals surface area (Å²) in [4.78, 5) is 9.62. The van der Waals surface area contributed by atoms with Crippen molar-refractivity contribution in [3.63, 3.8) is 0 Å². The SMILES string of the molecule is CCCNc1nc(C2Cc3ccccc32)nc(C)c1CC. The van der Waals surface area contributed by atoms with Gasteiger partial charge in [0.2, 0.25) is 0 Å². The zero-order valence-electron chi connectivity index (χ0n) is 13.1. The van der Waals surface area contributed by atoms with Gasteiger partial charge in [-0.25, -0.2) is 9.97 Å². The number of aryl methyl sites for hydroxylation is 1. The highest BCUT2D eigenvalue weighted by atomic mass is 15.0. The third-order valence-electron chi connectivity index (χ3n) is 4.29. The average molecular weight is 281 g/mol. The highest BCUT2D eigenvalue weighted by Crippen LogP contribution is 2.39. The fourth-order valence-corrected chi connectivity index (χ4v) is 3.08. The summed E-state index contributed by atoms with van der Waals surface area (Å²) in [7, 11) is 0. The van der Waals surface area contributed by atoms with Gasteiger partial charge >= 0.3 is 0 Å². The van der Waals surface area contributed by atoms with Gasteiger partial charge in [0.05, 0.1) is 0 Å². The molecule has 3 rings (SSSR count). The maximum Gasteiger partial charge on any atom is 0.138 e. The van der Waals surface area contributed by atoms with Crippen LogP contribution in [0.5, 0.6) is 0 Å². The van der Waals surface area contributed by atoms with Crippen LogP contribution in [0.2, 0.25) is 0 Å². The Balaban J connectivity index is 1.95. The molecule has 1 aliphatic rings. The molecule has 0 amide bonds. The number of nitrogens with zero attached hydrogens (tertiary/aromatic N) is 2. The summed E-state index contributed by atoms with van der Waals surface area (Å²) in [6.45, 7) is 7.41. The number of nitrogens with one attached hydrogen (secondary N) is 1. The van der Waals surface area contributed by atoms with Crippen LogP contribution >= 0.6 is 0 Å². The van der Waals surface area contributed by atoms with Crippen LogP contribution in [-0.4, -0.2) is 16.5 Å². The lowest BCUT2D eigenvalue weighted by atomic mass is 9.77. The van der Waals surface area contributed by atoms with E-state index in [1.165, 1.54) is 16.7 Å². The summed E-state index contributed by atoms with van der Waals surface area (Å²) in [6.07, 6.45) is 3.14. The molecule has 1 aromatic heterocycles. The Kier molecular flexibility index (Phi) is 3.91.